The van der Waals surface area contributed by atoms with Crippen LogP contribution < -0.4 is 9.47 Å². The number of rotatable bonds is 7. The Labute approximate surface area is 200 Å². The van der Waals surface area contributed by atoms with Gasteiger partial charge in [-0.3, -0.25) is 0 Å². The first kappa shape index (κ1) is 22.6. The number of benzene rings is 4. The highest BCUT2D eigenvalue weighted by molar-refractivity contribution is 5.64. The third kappa shape index (κ3) is 3.47. The summed E-state index contributed by atoms with van der Waals surface area (Å²) in [6.45, 7) is 0. The van der Waals surface area contributed by atoms with Gasteiger partial charge in [0.2, 0.25) is 0 Å². The van der Waals surface area contributed by atoms with Crippen LogP contribution in [0.2, 0.25) is 0 Å². The molecule has 0 aliphatic carbocycles. The molecule has 166 valence electrons. The van der Waals surface area contributed by atoms with Gasteiger partial charge in [0.15, 0.2) is 0 Å². The molecule has 2 atom stereocenters. The van der Waals surface area contributed by atoms with Crippen molar-refractivity contribution in [1.82, 2.24) is 0 Å². The van der Waals surface area contributed by atoms with E-state index in [1.807, 2.05) is 109 Å². The van der Waals surface area contributed by atoms with Crippen LogP contribution in [0.4, 0.5) is 0 Å². The van der Waals surface area contributed by atoms with Gasteiger partial charge in [-0.05, 0) is 46.5 Å². The maximum absolute atomic E-state index is 11.0. The molecule has 0 spiro atoms. The van der Waals surface area contributed by atoms with Crippen LogP contribution in [-0.2, 0) is 10.8 Å². The molecule has 0 aliphatic heterocycles. The first-order valence-electron chi connectivity index (χ1n) is 10.9. The zero-order valence-corrected chi connectivity index (χ0v) is 19.1. The van der Waals surface area contributed by atoms with Gasteiger partial charge in [0.25, 0.3) is 0 Å². The average Bonchev–Trinajstić information content (AvgIpc) is 2.93. The van der Waals surface area contributed by atoms with Gasteiger partial charge in [0.05, 0.1) is 26.4 Å². The summed E-state index contributed by atoms with van der Waals surface area (Å²) >= 11 is 0. The smallest absolute Gasteiger partial charge is 0.134 e. The quantitative estimate of drug-likeness (QED) is 0.349. The summed E-state index contributed by atoms with van der Waals surface area (Å²) < 4.78 is 10.7. The number of nitrogens with zero attached hydrogens (tertiary/aromatic N) is 2. The Morgan fingerprint density at radius 2 is 0.765 bits per heavy atom. The van der Waals surface area contributed by atoms with E-state index >= 15 is 0 Å². The van der Waals surface area contributed by atoms with Crippen LogP contribution in [0.1, 0.15) is 22.3 Å². The first-order valence-corrected chi connectivity index (χ1v) is 10.9. The third-order valence-corrected chi connectivity index (χ3v) is 6.36. The van der Waals surface area contributed by atoms with Crippen LogP contribution in [0.5, 0.6) is 11.5 Å². The number of methoxy groups -OCH3 is 2. The van der Waals surface area contributed by atoms with Gasteiger partial charge in [-0.2, -0.15) is 10.5 Å². The summed E-state index contributed by atoms with van der Waals surface area (Å²) in [6.07, 6.45) is 0. The number of hydrogen-bond acceptors (Lipinski definition) is 4. The van der Waals surface area contributed by atoms with Crippen molar-refractivity contribution in [3.63, 3.8) is 0 Å². The zero-order chi connectivity index (χ0) is 24.0. The molecule has 0 fully saturated rings. The van der Waals surface area contributed by atoms with Crippen LogP contribution >= 0.6 is 0 Å². The lowest BCUT2D eigenvalue weighted by molar-refractivity contribution is 0.412. The fraction of sp³-hybridized carbons (Fsp3) is 0.133. The minimum atomic E-state index is -1.37. The van der Waals surface area contributed by atoms with E-state index in [4.69, 9.17) is 9.47 Å². The fourth-order valence-corrected chi connectivity index (χ4v) is 4.68. The van der Waals surface area contributed by atoms with E-state index in [-0.39, 0.29) is 0 Å². The lowest BCUT2D eigenvalue weighted by atomic mass is 9.53. The minimum Gasteiger partial charge on any atom is -0.497 e. The lowest BCUT2D eigenvalue weighted by Gasteiger charge is -2.43. The summed E-state index contributed by atoms with van der Waals surface area (Å²) in [5, 5.41) is 22.1. The average molecular weight is 445 g/mol. The Hall–Kier alpha value is -4.54. The molecule has 0 saturated carbocycles. The number of ether oxygens (including phenoxy) is 2. The monoisotopic (exact) mass is 444 g/mol. The molecule has 34 heavy (non-hydrogen) atoms. The van der Waals surface area contributed by atoms with Crippen molar-refractivity contribution >= 4 is 0 Å². The second kappa shape index (κ2) is 9.53. The first-order chi connectivity index (χ1) is 16.7. The van der Waals surface area contributed by atoms with Crippen LogP contribution in [0.25, 0.3) is 0 Å². The molecule has 4 aromatic carbocycles. The summed E-state index contributed by atoms with van der Waals surface area (Å²) in [4.78, 5) is 0. The molecule has 2 unspecified atom stereocenters. The molecule has 4 heteroatoms. The Kier molecular flexibility index (Phi) is 6.35. The van der Waals surface area contributed by atoms with Crippen LogP contribution in [0.3, 0.4) is 0 Å². The predicted octanol–water partition coefficient (Wildman–Crippen LogP) is 6.02. The molecule has 0 amide bonds. The highest BCUT2D eigenvalue weighted by Crippen LogP contribution is 2.52. The molecule has 0 saturated heterocycles. The lowest BCUT2D eigenvalue weighted by Crippen LogP contribution is -2.49. The Morgan fingerprint density at radius 3 is 1.03 bits per heavy atom. The van der Waals surface area contributed by atoms with Gasteiger partial charge in [0.1, 0.15) is 22.3 Å². The highest BCUT2D eigenvalue weighted by Gasteiger charge is 2.57. The maximum atomic E-state index is 11.0. The standard InChI is InChI=1S/C30H24N2O2/c1-33-27-17-13-25(14-18-27)29(21-31,23-9-5-3-6-10-23)30(22-32,24-11-7-4-8-12-24)26-15-19-28(34-2)20-16-26/h3-20H,1-2H3. The molecule has 0 aromatic heterocycles. The zero-order valence-electron chi connectivity index (χ0n) is 19.1. The minimum absolute atomic E-state index is 0.676. The second-order valence-corrected chi connectivity index (χ2v) is 7.91. The molecule has 4 rings (SSSR count). The van der Waals surface area contributed by atoms with E-state index < -0.39 is 10.8 Å². The van der Waals surface area contributed by atoms with Crippen molar-refractivity contribution in [2.45, 2.75) is 10.8 Å². The van der Waals surface area contributed by atoms with Crippen LogP contribution in [-0.4, -0.2) is 14.2 Å². The fourth-order valence-electron chi connectivity index (χ4n) is 4.68. The van der Waals surface area contributed by atoms with Crippen molar-refractivity contribution < 1.29 is 9.47 Å². The molecule has 4 aromatic rings. The SMILES string of the molecule is COc1ccc(C(C#N)(c2ccccc2)C(C#N)(c2ccccc2)c2ccc(OC)cc2)cc1. The van der Waals surface area contributed by atoms with E-state index in [1.165, 1.54) is 0 Å². The van der Waals surface area contributed by atoms with Crippen LogP contribution in [0.15, 0.2) is 109 Å². The van der Waals surface area contributed by atoms with Gasteiger partial charge in [-0.25, -0.2) is 0 Å². The van der Waals surface area contributed by atoms with Gasteiger partial charge in [0, 0.05) is 0 Å². The van der Waals surface area contributed by atoms with Crippen molar-refractivity contribution in [2.24, 2.45) is 0 Å². The largest absolute Gasteiger partial charge is 0.497 e. The van der Waals surface area contributed by atoms with E-state index in [1.54, 1.807) is 14.2 Å². The summed E-state index contributed by atoms with van der Waals surface area (Å²) in [6, 6.07) is 39.0. The van der Waals surface area contributed by atoms with Crippen molar-refractivity contribution in [3.05, 3.63) is 131 Å². The van der Waals surface area contributed by atoms with Crippen molar-refractivity contribution in [1.29, 1.82) is 10.5 Å². The topological polar surface area (TPSA) is 66.0 Å². The molecule has 0 aliphatic rings. The van der Waals surface area contributed by atoms with E-state index in [0.717, 1.165) is 11.1 Å². The molecule has 0 bridgehead atoms. The predicted molar refractivity (Wildman–Crippen MR) is 132 cm³/mol. The molecule has 0 N–H and O–H groups in total. The maximum Gasteiger partial charge on any atom is 0.134 e. The number of hydrogen-bond donors (Lipinski definition) is 0. The Bertz CT molecular complexity index is 1210. The Morgan fingerprint density at radius 1 is 0.471 bits per heavy atom. The normalized spacial score (nSPS) is 14.0. The van der Waals surface area contributed by atoms with E-state index in [2.05, 4.69) is 12.1 Å². The second-order valence-electron chi connectivity index (χ2n) is 7.91. The van der Waals surface area contributed by atoms with E-state index in [9.17, 15) is 10.5 Å². The Balaban J connectivity index is 2.17. The molecule has 0 radical (unpaired) electrons. The third-order valence-electron chi connectivity index (χ3n) is 6.36. The van der Waals surface area contributed by atoms with Gasteiger partial charge in [-0.15, -0.1) is 0 Å². The van der Waals surface area contributed by atoms with Crippen molar-refractivity contribution in [3.8, 4) is 23.6 Å². The summed E-state index contributed by atoms with van der Waals surface area (Å²) in [7, 11) is 3.20. The van der Waals surface area contributed by atoms with E-state index in [0.29, 0.717) is 22.6 Å². The van der Waals surface area contributed by atoms with Crippen LogP contribution in [0, 0.1) is 22.7 Å². The highest BCUT2D eigenvalue weighted by atomic mass is 16.5. The van der Waals surface area contributed by atoms with Gasteiger partial charge < -0.3 is 9.47 Å². The molecular formula is C30H24N2O2. The van der Waals surface area contributed by atoms with Crippen molar-refractivity contribution in [2.75, 3.05) is 14.2 Å². The summed E-state index contributed by atoms with van der Waals surface area (Å²) in [5.41, 5.74) is 0.107. The van der Waals surface area contributed by atoms with Gasteiger partial charge in [-0.1, -0.05) is 84.9 Å². The summed E-state index contributed by atoms with van der Waals surface area (Å²) in [5.74, 6) is 1.35. The molecular weight excluding hydrogens is 420 g/mol. The van der Waals surface area contributed by atoms with Gasteiger partial charge >= 0.3 is 0 Å². The number of nitriles is 2. The molecule has 4 nitrogen and oxygen atoms in total. The molecule has 0 heterocycles.